The number of nitrogens with zero attached hydrogens (tertiary/aromatic N) is 2. The Balaban J connectivity index is 2.17. The molecule has 1 heterocycles. The van der Waals surface area contributed by atoms with Gasteiger partial charge in [-0.15, -0.1) is 11.6 Å². The third-order valence-electron chi connectivity index (χ3n) is 2.28. The molecule has 0 amide bonds. The van der Waals surface area contributed by atoms with Gasteiger partial charge in [-0.05, 0) is 18.4 Å². The van der Waals surface area contributed by atoms with Crippen molar-refractivity contribution in [3.63, 3.8) is 0 Å². The van der Waals surface area contributed by atoms with E-state index in [4.69, 9.17) is 11.6 Å². The van der Waals surface area contributed by atoms with Crippen LogP contribution in [0.3, 0.4) is 0 Å². The molecule has 1 aromatic rings. The van der Waals surface area contributed by atoms with Crippen LogP contribution >= 0.6 is 11.6 Å². The number of aromatic nitrogens is 2. The van der Waals surface area contributed by atoms with E-state index in [0.29, 0.717) is 17.8 Å². The third-order valence-corrected chi connectivity index (χ3v) is 2.65. The highest BCUT2D eigenvalue weighted by Gasteiger charge is 2.08. The SMILES string of the molecule is CC(C)CC(CCl)NCCn1cccn1. The van der Waals surface area contributed by atoms with Crippen LogP contribution in [0.2, 0.25) is 0 Å². The molecule has 0 spiro atoms. The molecule has 3 nitrogen and oxygen atoms in total. The minimum atomic E-state index is 0.419. The molecule has 0 saturated heterocycles. The first-order chi connectivity index (χ1) is 7.22. The molecule has 0 fully saturated rings. The van der Waals surface area contributed by atoms with E-state index >= 15 is 0 Å². The number of halogens is 1. The molecule has 15 heavy (non-hydrogen) atoms. The second-order valence-electron chi connectivity index (χ2n) is 4.20. The molecule has 86 valence electrons. The van der Waals surface area contributed by atoms with Crippen LogP contribution in [0.15, 0.2) is 18.5 Å². The van der Waals surface area contributed by atoms with Gasteiger partial charge in [0.2, 0.25) is 0 Å². The Bertz CT molecular complexity index is 246. The maximum Gasteiger partial charge on any atom is 0.0534 e. The molecule has 0 radical (unpaired) electrons. The van der Waals surface area contributed by atoms with Crippen LogP contribution in [0.1, 0.15) is 20.3 Å². The predicted molar refractivity (Wildman–Crippen MR) is 64.2 cm³/mol. The molecule has 1 unspecified atom stereocenters. The number of rotatable bonds is 7. The lowest BCUT2D eigenvalue weighted by atomic mass is 10.1. The van der Waals surface area contributed by atoms with E-state index in [1.165, 1.54) is 0 Å². The molecule has 0 aromatic carbocycles. The van der Waals surface area contributed by atoms with Crippen molar-refractivity contribution in [1.29, 1.82) is 0 Å². The zero-order valence-electron chi connectivity index (χ0n) is 9.49. The third kappa shape index (κ3) is 5.19. The Morgan fingerprint density at radius 3 is 2.80 bits per heavy atom. The maximum absolute atomic E-state index is 5.89. The van der Waals surface area contributed by atoms with Crippen LogP contribution in [0.5, 0.6) is 0 Å². The van der Waals surface area contributed by atoms with Crippen LogP contribution in [-0.2, 0) is 6.54 Å². The topological polar surface area (TPSA) is 29.9 Å². The largest absolute Gasteiger partial charge is 0.311 e. The minimum absolute atomic E-state index is 0.419. The van der Waals surface area contributed by atoms with Gasteiger partial charge in [-0.1, -0.05) is 13.8 Å². The molecular weight excluding hydrogens is 210 g/mol. The summed E-state index contributed by atoms with van der Waals surface area (Å²) in [5.74, 6) is 1.36. The quantitative estimate of drug-likeness (QED) is 0.726. The first-order valence-corrected chi connectivity index (χ1v) is 6.02. The van der Waals surface area contributed by atoms with Gasteiger partial charge in [-0.25, -0.2) is 0 Å². The first-order valence-electron chi connectivity index (χ1n) is 5.49. The lowest BCUT2D eigenvalue weighted by molar-refractivity contribution is 0.428. The Hall–Kier alpha value is -0.540. The Morgan fingerprint density at radius 2 is 2.27 bits per heavy atom. The van der Waals surface area contributed by atoms with Crippen LogP contribution in [0, 0.1) is 5.92 Å². The predicted octanol–water partition coefficient (Wildman–Crippen LogP) is 2.13. The molecule has 0 saturated carbocycles. The molecule has 1 aromatic heterocycles. The Morgan fingerprint density at radius 1 is 1.47 bits per heavy atom. The molecular formula is C11H20ClN3. The molecule has 0 aliphatic rings. The average Bonchev–Trinajstić information content (AvgIpc) is 2.68. The van der Waals surface area contributed by atoms with Crippen LogP contribution < -0.4 is 5.32 Å². The van der Waals surface area contributed by atoms with Gasteiger partial charge in [-0.3, -0.25) is 4.68 Å². The van der Waals surface area contributed by atoms with Crippen molar-refractivity contribution in [2.45, 2.75) is 32.9 Å². The highest BCUT2D eigenvalue weighted by molar-refractivity contribution is 6.18. The van der Waals surface area contributed by atoms with Gasteiger partial charge >= 0.3 is 0 Å². The normalized spacial score (nSPS) is 13.3. The summed E-state index contributed by atoms with van der Waals surface area (Å²) in [6.07, 6.45) is 4.90. The fraction of sp³-hybridized carbons (Fsp3) is 0.727. The van der Waals surface area contributed by atoms with E-state index in [1.54, 1.807) is 6.20 Å². The smallest absolute Gasteiger partial charge is 0.0534 e. The van der Waals surface area contributed by atoms with Crippen molar-refractivity contribution in [1.82, 2.24) is 15.1 Å². The zero-order valence-corrected chi connectivity index (χ0v) is 10.2. The monoisotopic (exact) mass is 229 g/mol. The van der Waals surface area contributed by atoms with Gasteiger partial charge < -0.3 is 5.32 Å². The summed E-state index contributed by atoms with van der Waals surface area (Å²) in [7, 11) is 0. The van der Waals surface area contributed by atoms with E-state index in [9.17, 15) is 0 Å². The van der Waals surface area contributed by atoms with Gasteiger partial charge in [0.15, 0.2) is 0 Å². The maximum atomic E-state index is 5.89. The summed E-state index contributed by atoms with van der Waals surface area (Å²) in [4.78, 5) is 0. The molecule has 0 aliphatic carbocycles. The average molecular weight is 230 g/mol. The second kappa shape index (κ2) is 6.85. The van der Waals surface area contributed by atoms with Gasteiger partial charge in [0.05, 0.1) is 6.54 Å². The van der Waals surface area contributed by atoms with Crippen molar-refractivity contribution < 1.29 is 0 Å². The van der Waals surface area contributed by atoms with Crippen molar-refractivity contribution in [2.24, 2.45) is 5.92 Å². The minimum Gasteiger partial charge on any atom is -0.311 e. The summed E-state index contributed by atoms with van der Waals surface area (Å²) >= 11 is 5.89. The fourth-order valence-corrected chi connectivity index (χ4v) is 1.82. The highest BCUT2D eigenvalue weighted by atomic mass is 35.5. The summed E-state index contributed by atoms with van der Waals surface area (Å²) in [6.45, 7) is 6.26. The first kappa shape index (κ1) is 12.5. The molecule has 0 bridgehead atoms. The lowest BCUT2D eigenvalue weighted by Gasteiger charge is -2.17. The van der Waals surface area contributed by atoms with Gasteiger partial charge in [0, 0.05) is 30.9 Å². The summed E-state index contributed by atoms with van der Waals surface area (Å²) in [6, 6.07) is 2.36. The summed E-state index contributed by atoms with van der Waals surface area (Å²) in [5, 5.41) is 7.59. The van der Waals surface area contributed by atoms with E-state index in [2.05, 4.69) is 24.3 Å². The highest BCUT2D eigenvalue weighted by Crippen LogP contribution is 2.05. The van der Waals surface area contributed by atoms with Gasteiger partial charge in [0.1, 0.15) is 0 Å². The standard InChI is InChI=1S/C11H20ClN3/c1-10(2)8-11(9-12)13-5-7-15-6-3-4-14-15/h3-4,6,10-11,13H,5,7-9H2,1-2H3. The molecule has 1 rings (SSSR count). The Kier molecular flexibility index (Phi) is 5.73. The number of alkyl halides is 1. The molecule has 0 aliphatic heterocycles. The Labute approximate surface area is 96.8 Å². The van der Waals surface area contributed by atoms with Gasteiger partial charge in [0.25, 0.3) is 0 Å². The van der Waals surface area contributed by atoms with Crippen molar-refractivity contribution in [2.75, 3.05) is 12.4 Å². The number of hydrogen-bond donors (Lipinski definition) is 1. The molecule has 1 N–H and O–H groups in total. The van der Waals surface area contributed by atoms with E-state index < -0.39 is 0 Å². The summed E-state index contributed by atoms with van der Waals surface area (Å²) in [5.41, 5.74) is 0. The van der Waals surface area contributed by atoms with Crippen molar-refractivity contribution in [3.05, 3.63) is 18.5 Å². The zero-order chi connectivity index (χ0) is 11.1. The lowest BCUT2D eigenvalue weighted by Crippen LogP contribution is -2.34. The molecule has 1 atom stereocenters. The summed E-state index contributed by atoms with van der Waals surface area (Å²) < 4.78 is 1.92. The van der Waals surface area contributed by atoms with Crippen molar-refractivity contribution in [3.8, 4) is 0 Å². The van der Waals surface area contributed by atoms with Crippen LogP contribution in [0.4, 0.5) is 0 Å². The number of nitrogens with one attached hydrogen (secondary N) is 1. The fourth-order valence-electron chi connectivity index (χ4n) is 1.59. The van der Waals surface area contributed by atoms with E-state index in [-0.39, 0.29) is 0 Å². The molecule has 4 heteroatoms. The van der Waals surface area contributed by atoms with E-state index in [0.717, 1.165) is 19.5 Å². The van der Waals surface area contributed by atoms with Crippen molar-refractivity contribution >= 4 is 11.6 Å². The second-order valence-corrected chi connectivity index (χ2v) is 4.51. The van der Waals surface area contributed by atoms with E-state index in [1.807, 2.05) is 16.9 Å². The van der Waals surface area contributed by atoms with Crippen LogP contribution in [0.25, 0.3) is 0 Å². The van der Waals surface area contributed by atoms with Crippen LogP contribution in [-0.4, -0.2) is 28.2 Å². The number of hydrogen-bond acceptors (Lipinski definition) is 2. The van der Waals surface area contributed by atoms with Gasteiger partial charge in [-0.2, -0.15) is 5.10 Å².